The molecule has 2 aliphatic rings. The Balaban J connectivity index is 1.88. The van der Waals surface area contributed by atoms with Crippen molar-refractivity contribution in [2.45, 2.75) is 32.6 Å². The molecule has 0 N–H and O–H groups in total. The van der Waals surface area contributed by atoms with Crippen molar-refractivity contribution in [2.75, 3.05) is 18.0 Å². The largest absolute Gasteiger partial charge is 0.370 e. The topological polar surface area (TPSA) is 20.3 Å². The summed E-state index contributed by atoms with van der Waals surface area (Å²) in [6, 6.07) is 4.62. The van der Waals surface area contributed by atoms with Crippen LogP contribution < -0.4 is 4.90 Å². The number of carbonyl (C=O) groups is 1. The Bertz CT molecular complexity index is 478. The highest BCUT2D eigenvalue weighted by Crippen LogP contribution is 2.36. The van der Waals surface area contributed by atoms with Gasteiger partial charge in [0.05, 0.1) is 0 Å². The molecule has 0 atom stereocenters. The molecule has 0 radical (unpaired) electrons. The first kappa shape index (κ1) is 12.6. The van der Waals surface area contributed by atoms with Crippen LogP contribution in [0.3, 0.4) is 0 Å². The molecule has 0 heterocycles. The summed E-state index contributed by atoms with van der Waals surface area (Å²) in [5.41, 5.74) is 1.45. The number of halogens is 1. The Labute approximate surface area is 113 Å². The molecule has 3 heteroatoms. The molecule has 102 valence electrons. The lowest BCUT2D eigenvalue weighted by molar-refractivity contribution is 0.101. The lowest BCUT2D eigenvalue weighted by Gasteiger charge is -2.26. The third-order valence-electron chi connectivity index (χ3n) is 4.03. The minimum atomic E-state index is -0.327. The van der Waals surface area contributed by atoms with Crippen molar-refractivity contribution >= 4 is 11.5 Å². The Morgan fingerprint density at radius 3 is 2.26 bits per heavy atom. The Morgan fingerprint density at radius 2 is 1.79 bits per heavy atom. The highest BCUT2D eigenvalue weighted by atomic mass is 19.1. The fourth-order valence-electron chi connectivity index (χ4n) is 2.56. The van der Waals surface area contributed by atoms with E-state index >= 15 is 0 Å². The SMILES string of the molecule is CC(=O)c1cc(F)ccc1N(CC1CC1)CC1CC1. The second-order valence-electron chi connectivity index (χ2n) is 6.01. The summed E-state index contributed by atoms with van der Waals surface area (Å²) in [4.78, 5) is 14.0. The first-order valence-corrected chi connectivity index (χ1v) is 7.19. The van der Waals surface area contributed by atoms with Crippen molar-refractivity contribution in [3.8, 4) is 0 Å². The molecule has 1 aromatic rings. The van der Waals surface area contributed by atoms with Crippen LogP contribution in [0.15, 0.2) is 18.2 Å². The zero-order valence-electron chi connectivity index (χ0n) is 11.4. The van der Waals surface area contributed by atoms with Gasteiger partial charge >= 0.3 is 0 Å². The monoisotopic (exact) mass is 261 g/mol. The van der Waals surface area contributed by atoms with E-state index in [9.17, 15) is 9.18 Å². The van der Waals surface area contributed by atoms with E-state index in [0.29, 0.717) is 5.56 Å². The third kappa shape index (κ3) is 3.14. The number of ketones is 1. The van der Waals surface area contributed by atoms with Crippen LogP contribution in [0.4, 0.5) is 10.1 Å². The molecule has 0 bridgehead atoms. The van der Waals surface area contributed by atoms with Gasteiger partial charge < -0.3 is 4.90 Å². The fraction of sp³-hybridized carbons (Fsp3) is 0.562. The quantitative estimate of drug-likeness (QED) is 0.728. The van der Waals surface area contributed by atoms with Crippen LogP contribution in [0.2, 0.25) is 0 Å². The van der Waals surface area contributed by atoms with E-state index in [0.717, 1.165) is 30.6 Å². The fourth-order valence-corrected chi connectivity index (χ4v) is 2.56. The van der Waals surface area contributed by atoms with Crippen LogP contribution in [0.25, 0.3) is 0 Å². The number of benzene rings is 1. The van der Waals surface area contributed by atoms with Crippen LogP contribution in [0.1, 0.15) is 43.0 Å². The summed E-state index contributed by atoms with van der Waals surface area (Å²) in [6.07, 6.45) is 5.16. The highest BCUT2D eigenvalue weighted by Gasteiger charge is 2.30. The van der Waals surface area contributed by atoms with E-state index in [2.05, 4.69) is 4.90 Å². The van der Waals surface area contributed by atoms with Crippen LogP contribution in [0, 0.1) is 17.7 Å². The second-order valence-corrected chi connectivity index (χ2v) is 6.01. The molecule has 0 aromatic heterocycles. The van der Waals surface area contributed by atoms with Gasteiger partial charge in [-0.3, -0.25) is 4.79 Å². The van der Waals surface area contributed by atoms with Gasteiger partial charge in [0, 0.05) is 24.3 Å². The molecule has 0 aliphatic heterocycles. The van der Waals surface area contributed by atoms with Crippen molar-refractivity contribution < 1.29 is 9.18 Å². The summed E-state index contributed by atoms with van der Waals surface area (Å²) >= 11 is 0. The molecule has 3 rings (SSSR count). The first-order chi connectivity index (χ1) is 9.13. The zero-order chi connectivity index (χ0) is 13.4. The minimum absolute atomic E-state index is 0.0499. The molecule has 0 unspecified atom stereocenters. The van der Waals surface area contributed by atoms with Crippen molar-refractivity contribution in [3.05, 3.63) is 29.6 Å². The van der Waals surface area contributed by atoms with Gasteiger partial charge in [-0.15, -0.1) is 0 Å². The molecule has 2 saturated carbocycles. The average molecular weight is 261 g/mol. The van der Waals surface area contributed by atoms with Gasteiger partial charge in [0.15, 0.2) is 5.78 Å². The molecule has 19 heavy (non-hydrogen) atoms. The van der Waals surface area contributed by atoms with E-state index in [1.807, 2.05) is 0 Å². The summed E-state index contributed by atoms with van der Waals surface area (Å²) in [5.74, 6) is 1.16. The molecule has 1 aromatic carbocycles. The summed E-state index contributed by atoms with van der Waals surface area (Å²) in [5, 5.41) is 0. The zero-order valence-corrected chi connectivity index (χ0v) is 11.4. The van der Waals surface area contributed by atoms with E-state index in [-0.39, 0.29) is 11.6 Å². The lowest BCUT2D eigenvalue weighted by Crippen LogP contribution is -2.29. The van der Waals surface area contributed by atoms with Crippen LogP contribution >= 0.6 is 0 Å². The Hall–Kier alpha value is -1.38. The van der Waals surface area contributed by atoms with Crippen molar-refractivity contribution in [2.24, 2.45) is 11.8 Å². The van der Waals surface area contributed by atoms with Gasteiger partial charge in [-0.25, -0.2) is 4.39 Å². The molecule has 0 amide bonds. The van der Waals surface area contributed by atoms with Gasteiger partial charge in [-0.2, -0.15) is 0 Å². The maximum Gasteiger partial charge on any atom is 0.161 e. The smallest absolute Gasteiger partial charge is 0.161 e. The molecule has 2 fully saturated rings. The van der Waals surface area contributed by atoms with Gasteiger partial charge in [0.25, 0.3) is 0 Å². The van der Waals surface area contributed by atoms with E-state index in [1.165, 1.54) is 44.7 Å². The van der Waals surface area contributed by atoms with Gasteiger partial charge in [-0.05, 0) is 62.6 Å². The number of hydrogen-bond donors (Lipinski definition) is 0. The number of nitrogens with zero attached hydrogens (tertiary/aromatic N) is 1. The van der Waals surface area contributed by atoms with Gasteiger partial charge in [0.2, 0.25) is 0 Å². The summed E-state index contributed by atoms with van der Waals surface area (Å²) < 4.78 is 13.3. The molecule has 0 saturated heterocycles. The number of rotatable bonds is 6. The van der Waals surface area contributed by atoms with E-state index in [4.69, 9.17) is 0 Å². The second kappa shape index (κ2) is 4.95. The summed E-state index contributed by atoms with van der Waals surface area (Å²) in [7, 11) is 0. The van der Waals surface area contributed by atoms with E-state index < -0.39 is 0 Å². The van der Waals surface area contributed by atoms with Crippen molar-refractivity contribution in [1.82, 2.24) is 0 Å². The maximum absolute atomic E-state index is 13.3. The van der Waals surface area contributed by atoms with Crippen molar-refractivity contribution in [3.63, 3.8) is 0 Å². The average Bonchev–Trinajstić information content (AvgIpc) is 3.23. The number of hydrogen-bond acceptors (Lipinski definition) is 2. The predicted molar refractivity (Wildman–Crippen MR) is 74.1 cm³/mol. The number of anilines is 1. The van der Waals surface area contributed by atoms with Crippen molar-refractivity contribution in [1.29, 1.82) is 0 Å². The first-order valence-electron chi connectivity index (χ1n) is 7.19. The highest BCUT2D eigenvalue weighted by molar-refractivity contribution is 5.99. The molecule has 2 aliphatic carbocycles. The number of carbonyl (C=O) groups excluding carboxylic acids is 1. The minimum Gasteiger partial charge on any atom is -0.370 e. The molecular weight excluding hydrogens is 241 g/mol. The lowest BCUT2D eigenvalue weighted by atomic mass is 10.1. The van der Waals surface area contributed by atoms with E-state index in [1.54, 1.807) is 6.07 Å². The normalized spacial score (nSPS) is 18.4. The van der Waals surface area contributed by atoms with Crippen LogP contribution in [-0.2, 0) is 0 Å². The molecule has 2 nitrogen and oxygen atoms in total. The van der Waals surface area contributed by atoms with Crippen LogP contribution in [0.5, 0.6) is 0 Å². The van der Waals surface area contributed by atoms with Crippen LogP contribution in [-0.4, -0.2) is 18.9 Å². The summed E-state index contributed by atoms with van der Waals surface area (Å²) in [6.45, 7) is 3.55. The van der Waals surface area contributed by atoms with Gasteiger partial charge in [-0.1, -0.05) is 0 Å². The standard InChI is InChI=1S/C16H20FNO/c1-11(19)15-8-14(17)6-7-16(15)18(9-12-2-3-12)10-13-4-5-13/h6-8,12-13H,2-5,9-10H2,1H3. The Kier molecular flexibility index (Phi) is 3.29. The van der Waals surface area contributed by atoms with Gasteiger partial charge in [0.1, 0.15) is 5.82 Å². The maximum atomic E-state index is 13.3. The third-order valence-corrected chi connectivity index (χ3v) is 4.03. The molecular formula is C16H20FNO. The molecule has 0 spiro atoms. The number of Topliss-reactive ketones (excluding diaryl/α,β-unsaturated/α-hetero) is 1. The predicted octanol–water partition coefficient (Wildman–Crippen LogP) is 3.65. The Morgan fingerprint density at radius 1 is 1.21 bits per heavy atom.